The van der Waals surface area contributed by atoms with Gasteiger partial charge in [0.05, 0.1) is 17.5 Å². The topological polar surface area (TPSA) is 92.5 Å². The lowest BCUT2D eigenvalue weighted by atomic mass is 10.1. The third-order valence-electron chi connectivity index (χ3n) is 4.83. The number of rotatable bonds is 8. The van der Waals surface area contributed by atoms with E-state index in [0.717, 1.165) is 18.4 Å². The molecule has 8 heteroatoms. The van der Waals surface area contributed by atoms with Gasteiger partial charge in [-0.25, -0.2) is 17.9 Å². The van der Waals surface area contributed by atoms with E-state index in [4.69, 9.17) is 5.14 Å². The van der Waals surface area contributed by atoms with E-state index in [0.29, 0.717) is 18.2 Å². The summed E-state index contributed by atoms with van der Waals surface area (Å²) in [6.07, 6.45) is 2.01. The Balaban J connectivity index is 1.60. The summed E-state index contributed by atoms with van der Waals surface area (Å²) in [5.41, 5.74) is 1.35. The Morgan fingerprint density at radius 2 is 1.86 bits per heavy atom. The zero-order valence-electron chi connectivity index (χ0n) is 15.6. The number of sulfonamides is 1. The summed E-state index contributed by atoms with van der Waals surface area (Å²) >= 11 is 0. The summed E-state index contributed by atoms with van der Waals surface area (Å²) in [7, 11) is -3.74. The van der Waals surface area contributed by atoms with Gasteiger partial charge in [-0.1, -0.05) is 30.3 Å². The van der Waals surface area contributed by atoms with Crippen molar-refractivity contribution in [3.8, 4) is 0 Å². The van der Waals surface area contributed by atoms with Crippen LogP contribution in [0.3, 0.4) is 0 Å². The van der Waals surface area contributed by atoms with Crippen LogP contribution in [0.5, 0.6) is 0 Å². The molecule has 1 fully saturated rings. The van der Waals surface area contributed by atoms with Crippen LogP contribution in [0.15, 0.2) is 53.4 Å². The van der Waals surface area contributed by atoms with E-state index >= 15 is 0 Å². The van der Waals surface area contributed by atoms with Gasteiger partial charge in [-0.3, -0.25) is 9.69 Å². The highest BCUT2D eigenvalue weighted by Gasteiger charge is 2.31. The van der Waals surface area contributed by atoms with Crippen LogP contribution in [0.2, 0.25) is 0 Å². The molecule has 6 nitrogen and oxygen atoms in total. The molecule has 150 valence electrons. The number of carbonyl (C=O) groups is 1. The third kappa shape index (κ3) is 5.37. The van der Waals surface area contributed by atoms with Crippen LogP contribution in [0.4, 0.5) is 4.39 Å². The molecule has 0 bridgehead atoms. The first-order chi connectivity index (χ1) is 13.2. The second-order valence-corrected chi connectivity index (χ2v) is 8.69. The zero-order chi connectivity index (χ0) is 20.3. The van der Waals surface area contributed by atoms with Crippen molar-refractivity contribution >= 4 is 15.9 Å². The number of halogens is 1. The molecule has 1 atom stereocenters. The lowest BCUT2D eigenvalue weighted by molar-refractivity contribution is -0.123. The van der Waals surface area contributed by atoms with E-state index in [1.165, 1.54) is 18.2 Å². The Hall–Kier alpha value is -2.29. The monoisotopic (exact) mass is 405 g/mol. The van der Waals surface area contributed by atoms with E-state index < -0.39 is 10.0 Å². The van der Waals surface area contributed by atoms with Crippen molar-refractivity contribution in [3.05, 3.63) is 65.5 Å². The molecule has 28 heavy (non-hydrogen) atoms. The fraction of sp³-hybridized carbons (Fsp3) is 0.350. The summed E-state index contributed by atoms with van der Waals surface area (Å²) in [5.74, 6) is -0.428. The summed E-state index contributed by atoms with van der Waals surface area (Å²) in [6, 6.07) is 12.7. The van der Waals surface area contributed by atoms with E-state index in [-0.39, 0.29) is 29.2 Å². The maximum absolute atomic E-state index is 13.9. The molecule has 0 aliphatic heterocycles. The standard InChI is InChI=1S/C20H24FN3O3S/c1-14(15-6-10-18(11-7-15)28(22,26)27)23-20(25)13-24(17-8-9-17)12-16-4-2-3-5-19(16)21/h2-7,10-11,14,17H,8-9,12-13H2,1H3,(H,23,25)(H2,22,26,27)/t14-/m1/s1. The number of amides is 1. The van der Waals surface area contributed by atoms with E-state index in [9.17, 15) is 17.6 Å². The maximum Gasteiger partial charge on any atom is 0.238 e. The normalized spacial score (nSPS) is 15.4. The molecule has 0 saturated heterocycles. The number of benzene rings is 2. The molecule has 0 spiro atoms. The van der Waals surface area contributed by atoms with Gasteiger partial charge in [0, 0.05) is 18.2 Å². The summed E-state index contributed by atoms with van der Waals surface area (Å²) in [4.78, 5) is 14.5. The van der Waals surface area contributed by atoms with Gasteiger partial charge in [0.25, 0.3) is 0 Å². The number of carbonyl (C=O) groups excluding carboxylic acids is 1. The number of hydrogen-bond acceptors (Lipinski definition) is 4. The van der Waals surface area contributed by atoms with Gasteiger partial charge in [0.15, 0.2) is 0 Å². The molecule has 0 radical (unpaired) electrons. The molecule has 1 aliphatic carbocycles. The Morgan fingerprint density at radius 3 is 2.43 bits per heavy atom. The zero-order valence-corrected chi connectivity index (χ0v) is 16.5. The Morgan fingerprint density at radius 1 is 1.21 bits per heavy atom. The molecule has 3 N–H and O–H groups in total. The van der Waals surface area contributed by atoms with E-state index in [1.54, 1.807) is 30.3 Å². The largest absolute Gasteiger partial charge is 0.348 e. The van der Waals surface area contributed by atoms with Gasteiger partial charge in [0.1, 0.15) is 5.82 Å². The SMILES string of the molecule is C[C@@H](NC(=O)CN(Cc1ccccc1F)C1CC1)c1ccc(S(N)(=O)=O)cc1. The van der Waals surface area contributed by atoms with Gasteiger partial charge in [-0.05, 0) is 43.5 Å². The fourth-order valence-corrected chi connectivity index (χ4v) is 3.62. The first kappa shape index (κ1) is 20.4. The van der Waals surface area contributed by atoms with Crippen molar-refractivity contribution in [2.24, 2.45) is 5.14 Å². The first-order valence-corrected chi connectivity index (χ1v) is 10.7. The predicted octanol–water partition coefficient (Wildman–Crippen LogP) is 2.31. The van der Waals surface area contributed by atoms with Crippen LogP contribution >= 0.6 is 0 Å². The Kier molecular flexibility index (Phi) is 6.12. The summed E-state index contributed by atoms with van der Waals surface area (Å²) < 4.78 is 36.6. The van der Waals surface area contributed by atoms with Crippen LogP contribution < -0.4 is 10.5 Å². The minimum absolute atomic E-state index is 0.0274. The van der Waals surface area contributed by atoms with Gasteiger partial charge in [-0.15, -0.1) is 0 Å². The van der Waals surface area contributed by atoms with Gasteiger partial charge in [-0.2, -0.15) is 0 Å². The minimum atomic E-state index is -3.74. The summed E-state index contributed by atoms with van der Waals surface area (Å²) in [5, 5.41) is 8.01. The van der Waals surface area contributed by atoms with Crippen LogP contribution in [0, 0.1) is 5.82 Å². The molecule has 0 unspecified atom stereocenters. The van der Waals surface area contributed by atoms with Crippen LogP contribution in [-0.2, 0) is 21.4 Å². The average molecular weight is 405 g/mol. The van der Waals surface area contributed by atoms with Crippen molar-refractivity contribution in [1.82, 2.24) is 10.2 Å². The molecule has 0 heterocycles. The molecule has 3 rings (SSSR count). The predicted molar refractivity (Wildman–Crippen MR) is 104 cm³/mol. The number of hydrogen-bond donors (Lipinski definition) is 2. The highest BCUT2D eigenvalue weighted by Crippen LogP contribution is 2.28. The molecule has 0 aromatic heterocycles. The second kappa shape index (κ2) is 8.38. The molecule has 1 aliphatic rings. The van der Waals surface area contributed by atoms with Crippen LogP contribution in [0.1, 0.15) is 36.9 Å². The Bertz CT molecular complexity index is 943. The van der Waals surface area contributed by atoms with Crippen molar-refractivity contribution in [1.29, 1.82) is 0 Å². The van der Waals surface area contributed by atoms with E-state index in [2.05, 4.69) is 5.32 Å². The average Bonchev–Trinajstić information content (AvgIpc) is 3.47. The maximum atomic E-state index is 13.9. The van der Waals surface area contributed by atoms with Crippen LogP contribution in [0.25, 0.3) is 0 Å². The van der Waals surface area contributed by atoms with Gasteiger partial charge >= 0.3 is 0 Å². The lowest BCUT2D eigenvalue weighted by Crippen LogP contribution is -2.39. The van der Waals surface area contributed by atoms with Crippen molar-refractivity contribution in [3.63, 3.8) is 0 Å². The molecular formula is C20H24FN3O3S. The smallest absolute Gasteiger partial charge is 0.238 e. The molecule has 2 aromatic carbocycles. The van der Waals surface area contributed by atoms with Crippen molar-refractivity contribution in [2.75, 3.05) is 6.54 Å². The molecular weight excluding hydrogens is 381 g/mol. The minimum Gasteiger partial charge on any atom is -0.348 e. The van der Waals surface area contributed by atoms with E-state index in [1.807, 2.05) is 11.8 Å². The first-order valence-electron chi connectivity index (χ1n) is 9.13. The fourth-order valence-electron chi connectivity index (χ4n) is 3.10. The highest BCUT2D eigenvalue weighted by molar-refractivity contribution is 7.89. The number of primary sulfonamides is 1. The van der Waals surface area contributed by atoms with Crippen molar-refractivity contribution < 1.29 is 17.6 Å². The number of nitrogens with two attached hydrogens (primary N) is 1. The number of nitrogens with zero attached hydrogens (tertiary/aromatic N) is 1. The van der Waals surface area contributed by atoms with Crippen molar-refractivity contribution in [2.45, 2.75) is 43.3 Å². The molecule has 2 aromatic rings. The highest BCUT2D eigenvalue weighted by atomic mass is 32.2. The molecule has 1 saturated carbocycles. The lowest BCUT2D eigenvalue weighted by Gasteiger charge is -2.23. The van der Waals surface area contributed by atoms with Gasteiger partial charge in [0.2, 0.25) is 15.9 Å². The van der Waals surface area contributed by atoms with Crippen LogP contribution in [-0.4, -0.2) is 31.8 Å². The molecule has 1 amide bonds. The second-order valence-electron chi connectivity index (χ2n) is 7.13. The van der Waals surface area contributed by atoms with Gasteiger partial charge < -0.3 is 5.32 Å². The quantitative estimate of drug-likeness (QED) is 0.705. The number of nitrogens with one attached hydrogen (secondary N) is 1. The third-order valence-corrected chi connectivity index (χ3v) is 5.76. The summed E-state index contributed by atoms with van der Waals surface area (Å²) in [6.45, 7) is 2.39. The Labute approximate surface area is 164 Å².